The van der Waals surface area contributed by atoms with E-state index >= 15 is 0 Å². The molecule has 32 rings (SSSR count). The van der Waals surface area contributed by atoms with Gasteiger partial charge in [-0.25, -0.2) is 24.9 Å². The van der Waals surface area contributed by atoms with Crippen LogP contribution in [0, 0.1) is 0 Å². The van der Waals surface area contributed by atoms with Crippen LogP contribution in [-0.4, -0.2) is 74.4 Å². The topological polar surface area (TPSA) is 196 Å². The number of benzene rings is 17. The smallest absolute Gasteiger partial charge is 0.451 e. The lowest BCUT2D eigenvalue weighted by Crippen LogP contribution is -2.29. The molecule has 21 heteroatoms. The molecule has 32 aromatic rings. The number of halogens is 3. The molecule has 0 radical (unpaired) electrons. The summed E-state index contributed by atoms with van der Waals surface area (Å²) >= 11 is 18.3. The number of rotatable bonds is 4. The zero-order valence-electron chi connectivity index (χ0n) is 71.0. The van der Waals surface area contributed by atoms with Gasteiger partial charge in [-0.2, -0.15) is 4.98 Å². The number of nitrogens with zero attached hydrogens (tertiary/aromatic N) is 11. The zero-order valence-corrected chi connectivity index (χ0v) is 73.2. The van der Waals surface area contributed by atoms with Crippen LogP contribution in [0.2, 0.25) is 15.7 Å². The Hall–Kier alpha value is -17.0. The average molecular weight is 1800 g/mol. The highest BCUT2D eigenvalue weighted by atomic mass is 35.5. The second-order valence-corrected chi connectivity index (χ2v) is 35.1. The molecule has 634 valence electrons. The van der Waals surface area contributed by atoms with Gasteiger partial charge in [0.25, 0.3) is 0 Å². The third-order valence-corrected chi connectivity index (χ3v) is 27.5. The van der Waals surface area contributed by atoms with Gasteiger partial charge in [0.15, 0.2) is 39.4 Å². The fraction of sp³-hybridized carbons (Fsp3) is 0. The van der Waals surface area contributed by atoms with Gasteiger partial charge in [0, 0.05) is 124 Å². The predicted octanol–water partition coefficient (Wildman–Crippen LogP) is 29.1. The van der Waals surface area contributed by atoms with Crippen LogP contribution in [-0.2, 0) is 0 Å². The van der Waals surface area contributed by atoms with E-state index in [1.165, 1.54) is 147 Å². The maximum Gasteiger partial charge on any atom is 0.488 e. The highest BCUT2D eigenvalue weighted by Crippen LogP contribution is 2.52. The van der Waals surface area contributed by atoms with Crippen molar-refractivity contribution in [3.05, 3.63) is 386 Å². The van der Waals surface area contributed by atoms with Gasteiger partial charge in [0.1, 0.15) is 33.3 Å². The SMILES string of the molecule is Clc1nc(-n2c3ccccc3c3cc4c5ccccc5n5c6ccccc6c(c32)c45)c2oc3ccccc3c2n1.Clc1nc(Cl)c2oc3ccccc3c2n1.OB(O)c1ccccc1.c1ccc(-c2nc(-n3c4ccccc4c4cc5c6ccccc6n6c7ccccc7c(c43)c56)c3oc4ccccc4c3n2)cc1.c1ccc2c(c1)[nH]c1c2cc2c3ccccc3n3c4ccccc4c1c23. The molecule has 0 unspecified atom stereocenters. The summed E-state index contributed by atoms with van der Waals surface area (Å²) < 4.78 is 30.4. The minimum absolute atomic E-state index is 0.124. The van der Waals surface area contributed by atoms with E-state index in [1.807, 2.05) is 91.0 Å². The van der Waals surface area contributed by atoms with Crippen LogP contribution < -0.4 is 5.46 Å². The molecule has 0 saturated heterocycles. The first kappa shape index (κ1) is 76.9. The average Bonchev–Trinajstić information content (AvgIpc) is 1.53. The molecule has 0 saturated carbocycles. The third kappa shape index (κ3) is 11.2. The Balaban J connectivity index is 0.0000000913. The number of nitrogens with one attached hydrogen (secondary N) is 1. The van der Waals surface area contributed by atoms with Gasteiger partial charge in [0.05, 0.1) is 77.2 Å². The Morgan fingerprint density at radius 2 is 0.578 bits per heavy atom. The van der Waals surface area contributed by atoms with E-state index in [9.17, 15) is 0 Å². The van der Waals surface area contributed by atoms with E-state index < -0.39 is 7.12 Å². The monoisotopic (exact) mass is 1800 g/mol. The highest BCUT2D eigenvalue weighted by Gasteiger charge is 2.32. The molecule has 0 spiro atoms. The number of H-pyrrole nitrogens is 1. The largest absolute Gasteiger partial charge is 0.488 e. The Morgan fingerprint density at radius 3 is 1.03 bits per heavy atom. The van der Waals surface area contributed by atoms with E-state index in [0.29, 0.717) is 44.9 Å². The number of para-hydroxylation sites is 12. The molecule has 0 aliphatic heterocycles. The van der Waals surface area contributed by atoms with Crippen molar-refractivity contribution in [3.8, 4) is 23.0 Å². The molecule has 17 aromatic carbocycles. The van der Waals surface area contributed by atoms with E-state index in [0.717, 1.165) is 82.6 Å². The summed E-state index contributed by atoms with van der Waals surface area (Å²) in [6.45, 7) is 0. The number of hydrogen-bond acceptors (Lipinski definition) is 11. The van der Waals surface area contributed by atoms with Gasteiger partial charge < -0.3 is 41.5 Å². The van der Waals surface area contributed by atoms with Gasteiger partial charge in [0.2, 0.25) is 10.6 Å². The number of fused-ring (bicyclic) bond motifs is 39. The standard InChI is InChI=1S/C40H22N4O.C34H17ClN4O.C24H14N2.C10H4Cl2N2O.C6H7BO2/c1-2-12-23(13-3-1)39-41-35-27-17-7-11-21-33(27)45-38(35)40(42-39)44-31-19-9-5-15-25(31)29-22-28-24-14-4-8-18-30(24)43-32-20-10-6-16-26(32)34(36(28)43)37(29)44;35-34-36-29-21-12-4-8-16-27(21)40-32(29)33(37-34)39-25-14-6-2-10-19(25)23-17-22-18-9-1-5-13-24(18)38-26-15-7-3-11-20(26)28(30(22)38)31(23)39;1-4-10-19-14(7-1)17-13-18-15-8-2-5-11-20(15)26-21-12-6-3-9-16(21)22(24(18)26)23(17)25-19;11-9-8-7(13-10(12)14-9)5-3-1-2-4-6(5)15-8;8-7(9)6-4-2-1-3-5-6/h1-22H;1-17H;1-13,25H;1-4H;1-5,8-9H. The molecule has 0 aliphatic rings. The molecule has 15 heterocycles. The third-order valence-electron chi connectivity index (χ3n) is 26.9. The molecule has 3 N–H and O–H groups in total. The fourth-order valence-electron chi connectivity index (χ4n) is 21.5. The van der Waals surface area contributed by atoms with Crippen LogP contribution in [0.4, 0.5) is 0 Å². The van der Waals surface area contributed by atoms with Crippen molar-refractivity contribution >= 4 is 293 Å². The van der Waals surface area contributed by atoms with E-state index in [4.69, 9.17) is 73.1 Å². The molecule has 135 heavy (non-hydrogen) atoms. The zero-order chi connectivity index (χ0) is 89.3. The van der Waals surface area contributed by atoms with Crippen molar-refractivity contribution in [2.24, 2.45) is 0 Å². The fourth-order valence-corrected chi connectivity index (χ4v) is 22.1. The number of hydrogen-bond donors (Lipinski definition) is 3. The maximum atomic E-state index is 8.58. The van der Waals surface area contributed by atoms with Crippen molar-refractivity contribution < 1.29 is 23.3 Å². The predicted molar refractivity (Wildman–Crippen MR) is 553 cm³/mol. The molecular weight excluding hydrogens is 1730 g/mol. The second kappa shape index (κ2) is 29.5. The normalized spacial score (nSPS) is 12.2. The Kier molecular flexibility index (Phi) is 16.8. The van der Waals surface area contributed by atoms with Gasteiger partial charge in [-0.15, -0.1) is 0 Å². The Morgan fingerprint density at radius 1 is 0.259 bits per heavy atom. The Bertz CT molecular complexity index is 10600. The number of aromatic nitrogens is 12. The molecule has 0 fully saturated rings. The first-order chi connectivity index (χ1) is 66.6. The first-order valence-electron chi connectivity index (χ1n) is 44.4. The van der Waals surface area contributed by atoms with E-state index in [2.05, 4.69) is 297 Å². The summed E-state index contributed by atoms with van der Waals surface area (Å²) in [5, 5.41) is 42.9. The van der Waals surface area contributed by atoms with Gasteiger partial charge in [-0.05, 0) is 138 Å². The molecule has 15 aromatic heterocycles. The summed E-state index contributed by atoms with van der Waals surface area (Å²) in [6, 6.07) is 128. The lowest BCUT2D eigenvalue weighted by molar-refractivity contribution is 0.426. The second-order valence-electron chi connectivity index (χ2n) is 34.1. The van der Waals surface area contributed by atoms with Crippen LogP contribution in [0.1, 0.15) is 0 Å². The van der Waals surface area contributed by atoms with Crippen LogP contribution >= 0.6 is 34.8 Å². The number of aromatic amines is 1. The summed E-state index contributed by atoms with van der Waals surface area (Å²) in [7, 11) is -1.34. The van der Waals surface area contributed by atoms with Crippen molar-refractivity contribution in [3.63, 3.8) is 0 Å². The lowest BCUT2D eigenvalue weighted by Gasteiger charge is -2.11. The minimum Gasteiger partial charge on any atom is -0.451 e. The molecule has 17 nitrogen and oxygen atoms in total. The van der Waals surface area contributed by atoms with Crippen molar-refractivity contribution in [2.75, 3.05) is 0 Å². The van der Waals surface area contributed by atoms with Crippen LogP contribution in [0.3, 0.4) is 0 Å². The van der Waals surface area contributed by atoms with Gasteiger partial charge >= 0.3 is 7.12 Å². The van der Waals surface area contributed by atoms with Crippen molar-refractivity contribution in [1.82, 2.24) is 57.2 Å². The van der Waals surface area contributed by atoms with E-state index in [1.54, 1.807) is 24.3 Å². The molecule has 0 amide bonds. The summed E-state index contributed by atoms with van der Waals surface area (Å²) in [5.41, 5.74) is 25.6. The molecule has 0 atom stereocenters. The quantitative estimate of drug-likeness (QED) is 0.0861. The van der Waals surface area contributed by atoms with Gasteiger partial charge in [-0.1, -0.05) is 272 Å². The summed E-state index contributed by atoms with van der Waals surface area (Å²) in [5.74, 6) is 2.05. The summed E-state index contributed by atoms with van der Waals surface area (Å²) in [6.07, 6.45) is 0. The minimum atomic E-state index is -1.34. The van der Waals surface area contributed by atoms with Crippen LogP contribution in [0.5, 0.6) is 0 Å². The van der Waals surface area contributed by atoms with Crippen LogP contribution in [0.25, 0.3) is 269 Å². The summed E-state index contributed by atoms with van der Waals surface area (Å²) in [4.78, 5) is 31.5. The van der Waals surface area contributed by atoms with Crippen LogP contribution in [0.15, 0.2) is 383 Å². The highest BCUT2D eigenvalue weighted by molar-refractivity contribution is 6.58. The van der Waals surface area contributed by atoms with Gasteiger partial charge in [-0.3, -0.25) is 9.13 Å². The Labute approximate surface area is 777 Å². The van der Waals surface area contributed by atoms with E-state index in [-0.39, 0.29) is 15.7 Å². The maximum absolute atomic E-state index is 8.58. The number of furan rings is 3. The lowest BCUT2D eigenvalue weighted by atomic mass is 9.81. The van der Waals surface area contributed by atoms with Crippen molar-refractivity contribution in [1.29, 1.82) is 0 Å². The molecule has 0 aliphatic carbocycles. The molecular formula is C114H64BCl3N12O5. The van der Waals surface area contributed by atoms with Crippen molar-refractivity contribution in [2.45, 2.75) is 0 Å². The first-order valence-corrected chi connectivity index (χ1v) is 45.5. The molecule has 0 bridgehead atoms.